The molecular weight excluding hydrogens is 295 g/mol. The molecule has 0 spiro atoms. The van der Waals surface area contributed by atoms with Crippen LogP contribution in [0.25, 0.3) is 0 Å². The normalized spacial score (nSPS) is 10.3. The predicted molar refractivity (Wildman–Crippen MR) is 59.8 cm³/mol. The third-order valence-electron chi connectivity index (χ3n) is 2.26. The summed E-state index contributed by atoms with van der Waals surface area (Å²) < 4.78 is 3.02. The smallest absolute Gasteiger partial charge is 0.0619 e. The van der Waals surface area contributed by atoms with Gasteiger partial charge in [-0.1, -0.05) is 35.9 Å². The summed E-state index contributed by atoms with van der Waals surface area (Å²) in [4.78, 5) is 0. The highest BCUT2D eigenvalue weighted by molar-refractivity contribution is 5.20. The molecule has 0 amide bonds. The van der Waals surface area contributed by atoms with Crippen LogP contribution in [-0.2, 0) is 0 Å². The average Bonchev–Trinajstić information content (AvgIpc) is 2.24. The van der Waals surface area contributed by atoms with Crippen molar-refractivity contribution in [2.24, 2.45) is 0 Å². The summed E-state index contributed by atoms with van der Waals surface area (Å²) in [6, 6.07) is 17.6. The summed E-state index contributed by atoms with van der Waals surface area (Å²) in [5, 5.41) is 0. The number of rotatable bonds is 2. The largest absolute Gasteiger partial charge is 0.358 e. The Hall–Kier alpha value is -0.830. The Balaban J connectivity index is 2.25. The summed E-state index contributed by atoms with van der Waals surface area (Å²) >= 11 is -0.00580. The van der Waals surface area contributed by atoms with Gasteiger partial charge in [-0.25, -0.2) is 0 Å². The molecule has 0 bridgehead atoms. The van der Waals surface area contributed by atoms with E-state index in [1.807, 2.05) is 0 Å². The highest BCUT2D eigenvalue weighted by atomic mass is 127. The van der Waals surface area contributed by atoms with Crippen molar-refractivity contribution in [2.45, 2.75) is 13.8 Å². The molecule has 76 valence electrons. The molecule has 15 heavy (non-hydrogen) atoms. The quantitative estimate of drug-likeness (QED) is 0.706. The molecule has 0 heterocycles. The minimum absolute atomic E-state index is 0.00580. The van der Waals surface area contributed by atoms with Crippen molar-refractivity contribution in [1.29, 1.82) is 0 Å². The minimum Gasteiger partial charge on any atom is -0.0619 e. The van der Waals surface area contributed by atoms with E-state index in [1.54, 1.807) is 0 Å². The molecule has 0 N–H and O–H groups in total. The van der Waals surface area contributed by atoms with Crippen molar-refractivity contribution in [3.05, 3.63) is 66.8 Å². The maximum atomic E-state index is 2.28. The summed E-state index contributed by atoms with van der Waals surface area (Å²) in [5.74, 6) is 0. The van der Waals surface area contributed by atoms with Crippen molar-refractivity contribution in [3.8, 4) is 0 Å². The summed E-state index contributed by atoms with van der Waals surface area (Å²) in [7, 11) is 0. The Labute approximate surface area is 102 Å². The van der Waals surface area contributed by atoms with Crippen LogP contribution in [0.15, 0.2) is 48.5 Å². The van der Waals surface area contributed by atoms with Crippen LogP contribution in [0.4, 0.5) is 0 Å². The minimum atomic E-state index is -0.00580. The first-order valence-corrected chi connectivity index (χ1v) is 7.18. The number of benzene rings is 2. The van der Waals surface area contributed by atoms with Gasteiger partial charge in [0.1, 0.15) is 0 Å². The maximum Gasteiger partial charge on any atom is 0.358 e. The molecule has 2 rings (SSSR count). The summed E-state index contributed by atoms with van der Waals surface area (Å²) in [6.07, 6.45) is 0. The van der Waals surface area contributed by atoms with Gasteiger partial charge in [0, 0.05) is 5.56 Å². The fourth-order valence-corrected chi connectivity index (χ4v) is 3.88. The third-order valence-corrected chi connectivity index (χ3v) is 5.39. The molecule has 0 saturated carbocycles. The van der Waals surface area contributed by atoms with Crippen LogP contribution in [0, 0.1) is 21.0 Å². The molecule has 0 nitrogen and oxygen atoms in total. The molecule has 0 aliphatic rings. The molecule has 0 atom stereocenters. The first kappa shape index (κ1) is 10.7. The van der Waals surface area contributed by atoms with Crippen LogP contribution in [-0.4, -0.2) is 0 Å². The lowest BCUT2D eigenvalue weighted by Gasteiger charge is -1.95. The number of hydrogen-bond acceptors (Lipinski definition) is 0. The van der Waals surface area contributed by atoms with E-state index in [0.29, 0.717) is 0 Å². The van der Waals surface area contributed by atoms with Gasteiger partial charge in [-0.05, 0) is 32.0 Å². The summed E-state index contributed by atoms with van der Waals surface area (Å²) in [5.41, 5.74) is 2.79. The molecule has 0 aromatic heterocycles. The van der Waals surface area contributed by atoms with Gasteiger partial charge in [0.15, 0.2) is 7.14 Å². The first-order valence-electron chi connectivity index (χ1n) is 5.03. The van der Waals surface area contributed by atoms with E-state index >= 15 is 0 Å². The summed E-state index contributed by atoms with van der Waals surface area (Å²) in [6.45, 7) is 4.36. The highest BCUT2D eigenvalue weighted by Crippen LogP contribution is 2.01. The topological polar surface area (TPSA) is 0 Å². The Morgan fingerprint density at radius 3 is 2.27 bits per heavy atom. The molecule has 0 aliphatic carbocycles. The Kier molecular flexibility index (Phi) is 3.41. The second-order valence-electron chi connectivity index (χ2n) is 3.64. The molecule has 1 heteroatoms. The molecule has 2 aromatic rings. The monoisotopic (exact) mass is 309 g/mol. The van der Waals surface area contributed by atoms with E-state index in [-0.39, 0.29) is 21.2 Å². The first-order chi connectivity index (χ1) is 7.25. The second-order valence-corrected chi connectivity index (χ2v) is 6.59. The van der Waals surface area contributed by atoms with Crippen molar-refractivity contribution >= 4 is 0 Å². The number of hydrogen-bond donors (Lipinski definition) is 0. The molecule has 0 aliphatic heterocycles. The fraction of sp³-hybridized carbons (Fsp3) is 0.143. The lowest BCUT2D eigenvalue weighted by Crippen LogP contribution is -3.61. The second kappa shape index (κ2) is 4.79. The van der Waals surface area contributed by atoms with Gasteiger partial charge in [0.2, 0.25) is 0 Å². The standard InChI is InChI=1S/C14H14I/c1-11-8-9-14(12(2)10-11)15-13-6-4-3-5-7-13/h3-10H,1-2H3/q+1. The lowest BCUT2D eigenvalue weighted by atomic mass is 10.2. The van der Waals surface area contributed by atoms with Crippen LogP contribution in [0.2, 0.25) is 0 Å². The van der Waals surface area contributed by atoms with Gasteiger partial charge in [-0.2, -0.15) is 0 Å². The zero-order valence-electron chi connectivity index (χ0n) is 9.00. The highest BCUT2D eigenvalue weighted by Gasteiger charge is 2.16. The van der Waals surface area contributed by atoms with Gasteiger partial charge < -0.3 is 0 Å². The lowest BCUT2D eigenvalue weighted by molar-refractivity contribution is -0.598. The Bertz CT molecular complexity index is 446. The maximum absolute atomic E-state index is 2.28. The molecule has 0 unspecified atom stereocenters. The Morgan fingerprint density at radius 2 is 1.60 bits per heavy atom. The van der Waals surface area contributed by atoms with E-state index in [9.17, 15) is 0 Å². The Morgan fingerprint density at radius 1 is 0.867 bits per heavy atom. The predicted octanol–water partition coefficient (Wildman–Crippen LogP) is 0.432. The van der Waals surface area contributed by atoms with Crippen molar-refractivity contribution in [2.75, 3.05) is 0 Å². The molecule has 2 aromatic carbocycles. The molecule has 0 fully saturated rings. The van der Waals surface area contributed by atoms with E-state index in [1.165, 1.54) is 18.3 Å². The number of aryl methyl sites for hydroxylation is 2. The van der Waals surface area contributed by atoms with Crippen LogP contribution in [0.1, 0.15) is 11.1 Å². The molecule has 0 radical (unpaired) electrons. The zero-order valence-corrected chi connectivity index (χ0v) is 11.2. The van der Waals surface area contributed by atoms with Gasteiger partial charge in [0.05, 0.1) is 0 Å². The third kappa shape index (κ3) is 2.81. The number of halogens is 1. The van der Waals surface area contributed by atoms with Gasteiger partial charge >= 0.3 is 21.2 Å². The average molecular weight is 309 g/mol. The SMILES string of the molecule is Cc1ccc([I+]c2ccccc2)c(C)c1. The van der Waals surface area contributed by atoms with Crippen LogP contribution >= 0.6 is 0 Å². The van der Waals surface area contributed by atoms with E-state index in [2.05, 4.69) is 62.4 Å². The van der Waals surface area contributed by atoms with Crippen molar-refractivity contribution in [1.82, 2.24) is 0 Å². The van der Waals surface area contributed by atoms with Crippen LogP contribution in [0.5, 0.6) is 0 Å². The van der Waals surface area contributed by atoms with Crippen molar-refractivity contribution in [3.63, 3.8) is 0 Å². The van der Waals surface area contributed by atoms with Gasteiger partial charge in [-0.15, -0.1) is 0 Å². The van der Waals surface area contributed by atoms with E-state index < -0.39 is 0 Å². The fourth-order valence-electron chi connectivity index (χ4n) is 1.50. The van der Waals surface area contributed by atoms with Gasteiger partial charge in [-0.3, -0.25) is 0 Å². The van der Waals surface area contributed by atoms with Gasteiger partial charge in [0.25, 0.3) is 0 Å². The molecular formula is C14H14I+. The van der Waals surface area contributed by atoms with Crippen LogP contribution < -0.4 is 21.2 Å². The molecule has 0 saturated heterocycles. The van der Waals surface area contributed by atoms with Crippen molar-refractivity contribution < 1.29 is 21.2 Å². The van der Waals surface area contributed by atoms with E-state index in [0.717, 1.165) is 0 Å². The van der Waals surface area contributed by atoms with E-state index in [4.69, 9.17) is 0 Å². The van der Waals surface area contributed by atoms with Crippen LogP contribution in [0.3, 0.4) is 0 Å². The zero-order chi connectivity index (χ0) is 10.7.